The molecule has 120 valence electrons. The topological polar surface area (TPSA) is 55.4 Å². The molecule has 0 aliphatic heterocycles. The Bertz CT molecular complexity index is 585. The number of rotatable bonds is 5. The van der Waals surface area contributed by atoms with Gasteiger partial charge in [0.1, 0.15) is 0 Å². The van der Waals surface area contributed by atoms with Crippen LogP contribution in [0.2, 0.25) is 5.02 Å². The quantitative estimate of drug-likeness (QED) is 0.664. The Hall–Kier alpha value is -2.02. The molecule has 0 bridgehead atoms. The molecule has 0 saturated heterocycles. The molecule has 1 rings (SSSR count). The summed E-state index contributed by atoms with van der Waals surface area (Å²) in [4.78, 5) is 22.3. The van der Waals surface area contributed by atoms with Gasteiger partial charge < -0.3 is 10.1 Å². The maximum absolute atomic E-state index is 12.6. The van der Waals surface area contributed by atoms with Crippen molar-refractivity contribution in [3.8, 4) is 0 Å². The number of alkyl halides is 3. The van der Waals surface area contributed by atoms with Crippen LogP contribution in [0.4, 0.5) is 13.2 Å². The highest BCUT2D eigenvalue weighted by molar-refractivity contribution is 6.32. The molecule has 0 fully saturated rings. The zero-order chi connectivity index (χ0) is 16.8. The number of amides is 1. The lowest BCUT2D eigenvalue weighted by atomic mass is 10.1. The van der Waals surface area contributed by atoms with E-state index in [-0.39, 0.29) is 23.6 Å². The molecule has 0 aromatic heterocycles. The molecule has 0 atom stereocenters. The van der Waals surface area contributed by atoms with E-state index in [0.717, 1.165) is 24.3 Å². The van der Waals surface area contributed by atoms with Crippen LogP contribution < -0.4 is 5.32 Å². The lowest BCUT2D eigenvalue weighted by Gasteiger charge is -2.08. The van der Waals surface area contributed by atoms with E-state index in [1.54, 1.807) is 0 Å². The lowest BCUT2D eigenvalue weighted by molar-refractivity contribution is -0.140. The Labute approximate surface area is 129 Å². The molecule has 0 saturated carbocycles. The zero-order valence-corrected chi connectivity index (χ0v) is 12.3. The van der Waals surface area contributed by atoms with Gasteiger partial charge in [-0.3, -0.25) is 9.59 Å². The van der Waals surface area contributed by atoms with Crippen molar-refractivity contribution in [2.24, 2.45) is 0 Å². The predicted octanol–water partition coefficient (Wildman–Crippen LogP) is 3.05. The van der Waals surface area contributed by atoms with Gasteiger partial charge in [-0.1, -0.05) is 11.6 Å². The molecule has 4 nitrogen and oxygen atoms in total. The number of ether oxygens (including phenoxy) is 1. The molecule has 0 heterocycles. The van der Waals surface area contributed by atoms with Gasteiger partial charge in [0, 0.05) is 17.6 Å². The summed E-state index contributed by atoms with van der Waals surface area (Å²) in [5.74, 6) is -1.04. The van der Waals surface area contributed by atoms with Gasteiger partial charge in [0.2, 0.25) is 5.91 Å². The Kier molecular flexibility index (Phi) is 6.42. The van der Waals surface area contributed by atoms with Crippen molar-refractivity contribution in [2.45, 2.75) is 12.6 Å². The molecule has 0 radical (unpaired) electrons. The van der Waals surface area contributed by atoms with Crippen LogP contribution in [0, 0.1) is 0 Å². The van der Waals surface area contributed by atoms with E-state index < -0.39 is 23.6 Å². The van der Waals surface area contributed by atoms with Crippen molar-refractivity contribution >= 4 is 29.6 Å². The Morgan fingerprint density at radius 1 is 1.36 bits per heavy atom. The van der Waals surface area contributed by atoms with E-state index in [2.05, 4.69) is 10.1 Å². The standard InChI is InChI=1S/C14H13ClF3NO3/c1-22-13(21)6-7-19-12(20)5-2-9-8-10(14(16,17)18)3-4-11(9)15/h2-5,8H,6-7H2,1H3,(H,19,20)/b5-2+. The van der Waals surface area contributed by atoms with Crippen molar-refractivity contribution in [3.63, 3.8) is 0 Å². The van der Waals surface area contributed by atoms with E-state index in [1.807, 2.05) is 0 Å². The number of methoxy groups -OCH3 is 1. The number of halogens is 4. The molecule has 8 heteroatoms. The second kappa shape index (κ2) is 7.84. The highest BCUT2D eigenvalue weighted by atomic mass is 35.5. The molecule has 1 N–H and O–H groups in total. The number of benzene rings is 1. The fourth-order valence-electron chi connectivity index (χ4n) is 1.46. The summed E-state index contributed by atoms with van der Waals surface area (Å²) in [6.07, 6.45) is -2.28. The highest BCUT2D eigenvalue weighted by Crippen LogP contribution is 2.32. The van der Waals surface area contributed by atoms with Crippen molar-refractivity contribution < 1.29 is 27.5 Å². The minimum absolute atomic E-state index is 0.000392. The number of hydrogen-bond donors (Lipinski definition) is 1. The van der Waals surface area contributed by atoms with E-state index in [0.29, 0.717) is 0 Å². The van der Waals surface area contributed by atoms with Crippen LogP contribution in [0.25, 0.3) is 6.08 Å². The van der Waals surface area contributed by atoms with Gasteiger partial charge in [0.05, 0.1) is 19.1 Å². The summed E-state index contributed by atoms with van der Waals surface area (Å²) in [6, 6.07) is 2.82. The Morgan fingerprint density at radius 3 is 2.64 bits per heavy atom. The van der Waals surface area contributed by atoms with Crippen LogP contribution >= 0.6 is 11.6 Å². The van der Waals surface area contributed by atoms with Crippen LogP contribution in [-0.4, -0.2) is 25.5 Å². The van der Waals surface area contributed by atoms with E-state index >= 15 is 0 Å². The minimum Gasteiger partial charge on any atom is -0.469 e. The smallest absolute Gasteiger partial charge is 0.416 e. The number of esters is 1. The molecule has 1 aromatic rings. The van der Waals surface area contributed by atoms with E-state index in [1.165, 1.54) is 13.2 Å². The number of nitrogens with one attached hydrogen (secondary N) is 1. The summed E-state index contributed by atoms with van der Waals surface area (Å²) in [7, 11) is 1.22. The van der Waals surface area contributed by atoms with Gasteiger partial charge in [0.25, 0.3) is 0 Å². The van der Waals surface area contributed by atoms with Crippen molar-refractivity contribution in [3.05, 3.63) is 40.4 Å². The summed E-state index contributed by atoms with van der Waals surface area (Å²) < 4.78 is 42.1. The summed E-state index contributed by atoms with van der Waals surface area (Å²) in [5.41, 5.74) is -0.790. The second-order valence-corrected chi connectivity index (χ2v) is 4.59. The van der Waals surface area contributed by atoms with Gasteiger partial charge in [-0.25, -0.2) is 0 Å². The molecule has 0 aliphatic carbocycles. The first kappa shape index (κ1) is 18.0. The Morgan fingerprint density at radius 2 is 2.05 bits per heavy atom. The summed E-state index contributed by atoms with van der Waals surface area (Å²) in [5, 5.41) is 2.48. The molecule has 1 aromatic carbocycles. The molecule has 1 amide bonds. The first-order chi connectivity index (χ1) is 10.2. The molecular formula is C14H13ClF3NO3. The molecular weight excluding hydrogens is 323 g/mol. The average Bonchev–Trinajstić information content (AvgIpc) is 2.44. The fraction of sp³-hybridized carbons (Fsp3) is 0.286. The fourth-order valence-corrected chi connectivity index (χ4v) is 1.64. The molecule has 0 aliphatic rings. The first-order valence-electron chi connectivity index (χ1n) is 6.13. The van der Waals surface area contributed by atoms with Crippen LogP contribution in [0.3, 0.4) is 0 Å². The summed E-state index contributed by atoms with van der Waals surface area (Å²) >= 11 is 5.78. The van der Waals surface area contributed by atoms with Crippen LogP contribution in [-0.2, 0) is 20.5 Å². The third kappa shape index (κ3) is 5.77. The van der Waals surface area contributed by atoms with Gasteiger partial charge in [-0.05, 0) is 29.8 Å². The molecule has 0 unspecified atom stereocenters. The second-order valence-electron chi connectivity index (χ2n) is 4.18. The van der Waals surface area contributed by atoms with Crippen molar-refractivity contribution in [1.29, 1.82) is 0 Å². The third-order valence-corrected chi connectivity index (χ3v) is 2.94. The Balaban J connectivity index is 2.69. The first-order valence-corrected chi connectivity index (χ1v) is 6.51. The molecule has 0 spiro atoms. The third-order valence-electron chi connectivity index (χ3n) is 2.59. The largest absolute Gasteiger partial charge is 0.469 e. The monoisotopic (exact) mass is 335 g/mol. The SMILES string of the molecule is COC(=O)CCNC(=O)/C=C/c1cc(C(F)(F)F)ccc1Cl. The van der Waals surface area contributed by atoms with E-state index in [4.69, 9.17) is 11.6 Å². The summed E-state index contributed by atoms with van der Waals surface area (Å²) in [6.45, 7) is 0.0617. The number of carbonyl (C=O) groups is 2. The van der Waals surface area contributed by atoms with Crippen LogP contribution in [0.1, 0.15) is 17.5 Å². The average molecular weight is 336 g/mol. The predicted molar refractivity (Wildman–Crippen MR) is 75.1 cm³/mol. The van der Waals surface area contributed by atoms with Crippen LogP contribution in [0.5, 0.6) is 0 Å². The van der Waals surface area contributed by atoms with E-state index in [9.17, 15) is 22.8 Å². The number of hydrogen-bond acceptors (Lipinski definition) is 3. The maximum atomic E-state index is 12.6. The van der Waals surface area contributed by atoms with Gasteiger partial charge in [0.15, 0.2) is 0 Å². The number of carbonyl (C=O) groups excluding carboxylic acids is 2. The van der Waals surface area contributed by atoms with Crippen molar-refractivity contribution in [1.82, 2.24) is 5.32 Å². The minimum atomic E-state index is -4.49. The van der Waals surface area contributed by atoms with Gasteiger partial charge in [-0.2, -0.15) is 13.2 Å². The zero-order valence-electron chi connectivity index (χ0n) is 11.5. The van der Waals surface area contributed by atoms with Gasteiger partial charge >= 0.3 is 12.1 Å². The normalized spacial score (nSPS) is 11.5. The van der Waals surface area contributed by atoms with Gasteiger partial charge in [-0.15, -0.1) is 0 Å². The maximum Gasteiger partial charge on any atom is 0.416 e. The highest BCUT2D eigenvalue weighted by Gasteiger charge is 2.30. The molecule has 22 heavy (non-hydrogen) atoms. The van der Waals surface area contributed by atoms with Crippen LogP contribution in [0.15, 0.2) is 24.3 Å². The lowest BCUT2D eigenvalue weighted by Crippen LogP contribution is -2.24. The van der Waals surface area contributed by atoms with Crippen molar-refractivity contribution in [2.75, 3.05) is 13.7 Å².